The van der Waals surface area contributed by atoms with E-state index in [2.05, 4.69) is 108 Å². The molecule has 0 fully saturated rings. The third-order valence-electron chi connectivity index (χ3n) is 7.51. The number of allylic oxidation sites excluding steroid dienone is 2. The molecule has 2 heteroatoms. The van der Waals surface area contributed by atoms with Crippen molar-refractivity contribution in [3.8, 4) is 0 Å². The van der Waals surface area contributed by atoms with Crippen molar-refractivity contribution in [2.75, 3.05) is 0 Å². The molecule has 0 saturated heterocycles. The molecule has 7 rings (SSSR count). The van der Waals surface area contributed by atoms with Crippen molar-refractivity contribution in [3.05, 3.63) is 137 Å². The lowest BCUT2D eigenvalue weighted by Gasteiger charge is -2.18. The van der Waals surface area contributed by atoms with Gasteiger partial charge >= 0.3 is 0 Å². The van der Waals surface area contributed by atoms with Gasteiger partial charge in [0, 0.05) is 28.0 Å². The largest absolute Gasteiger partial charge is 0.457 e. The van der Waals surface area contributed by atoms with Crippen LogP contribution in [0.5, 0.6) is 0 Å². The molecule has 5 aromatic rings. The number of fused-ring (bicyclic) bond motifs is 4. The molecule has 2 aliphatic rings. The molecule has 0 radical (unpaired) electrons. The minimum atomic E-state index is 0.0801. The standard InChI is InChI=1S/C33H27NO/c1-4-12-22(13-5-1)26-20-30-27(21-29(35-30)23-14-6-2-7-15-23)31(24-16-8-3-9-17-24)32-25-18-10-11-19-28(25)34-33(26)32/h1,3-5,8-14,16-21,31,34H,2,6-7,15H2. The summed E-state index contributed by atoms with van der Waals surface area (Å²) in [4.78, 5) is 3.79. The van der Waals surface area contributed by atoms with Crippen LogP contribution < -0.4 is 0 Å². The van der Waals surface area contributed by atoms with Gasteiger partial charge in [0.1, 0.15) is 11.5 Å². The maximum Gasteiger partial charge on any atom is 0.132 e. The fourth-order valence-electron chi connectivity index (χ4n) is 5.85. The quantitative estimate of drug-likeness (QED) is 0.285. The molecule has 3 aromatic carbocycles. The molecule has 1 unspecified atom stereocenters. The molecule has 1 N–H and O–H groups in total. The maximum absolute atomic E-state index is 6.68. The Hall–Kier alpha value is -4.04. The number of para-hydroxylation sites is 1. The van der Waals surface area contributed by atoms with Crippen molar-refractivity contribution < 1.29 is 4.42 Å². The van der Waals surface area contributed by atoms with E-state index >= 15 is 0 Å². The summed E-state index contributed by atoms with van der Waals surface area (Å²) in [5.74, 6) is 2.08. The van der Waals surface area contributed by atoms with Crippen LogP contribution in [-0.2, 0) is 0 Å². The summed E-state index contributed by atoms with van der Waals surface area (Å²) in [6.07, 6.45) is 9.37. The average Bonchev–Trinajstić information content (AvgIpc) is 3.48. The SMILES string of the molecule is C1=C(c2cc3c(o2)C=C(c2ccccc2)c2[nH]c4ccccc4c2C3c2ccccc2)CCCC1. The Kier molecular flexibility index (Phi) is 4.84. The van der Waals surface area contributed by atoms with Crippen molar-refractivity contribution in [3.63, 3.8) is 0 Å². The van der Waals surface area contributed by atoms with Gasteiger partial charge in [-0.15, -0.1) is 0 Å². The number of aromatic nitrogens is 1. The molecule has 2 aromatic heterocycles. The molecular weight excluding hydrogens is 426 g/mol. The van der Waals surface area contributed by atoms with Crippen LogP contribution in [0.4, 0.5) is 0 Å². The number of hydrogen-bond donors (Lipinski definition) is 1. The summed E-state index contributed by atoms with van der Waals surface area (Å²) < 4.78 is 6.68. The smallest absolute Gasteiger partial charge is 0.132 e. The molecule has 35 heavy (non-hydrogen) atoms. The molecule has 1 atom stereocenters. The lowest BCUT2D eigenvalue weighted by Crippen LogP contribution is -2.04. The third-order valence-corrected chi connectivity index (χ3v) is 7.51. The Labute approximate surface area is 205 Å². The molecule has 0 bridgehead atoms. The molecule has 0 spiro atoms. The Bertz CT molecular complexity index is 1580. The van der Waals surface area contributed by atoms with Crippen LogP contribution in [0.15, 0.2) is 101 Å². The number of rotatable bonds is 3. The second kappa shape index (κ2) is 8.32. The zero-order valence-corrected chi connectivity index (χ0v) is 19.6. The fourth-order valence-corrected chi connectivity index (χ4v) is 5.85. The number of furan rings is 1. The van der Waals surface area contributed by atoms with Gasteiger partial charge in [-0.05, 0) is 66.2 Å². The fraction of sp³-hybridized carbons (Fsp3) is 0.152. The zero-order chi connectivity index (χ0) is 23.2. The highest BCUT2D eigenvalue weighted by Gasteiger charge is 2.32. The first-order valence-electron chi connectivity index (χ1n) is 12.6. The van der Waals surface area contributed by atoms with Gasteiger partial charge in [-0.25, -0.2) is 0 Å². The minimum Gasteiger partial charge on any atom is -0.457 e. The van der Waals surface area contributed by atoms with Crippen LogP contribution in [0.1, 0.15) is 71.1 Å². The van der Waals surface area contributed by atoms with Gasteiger partial charge in [0.15, 0.2) is 0 Å². The van der Waals surface area contributed by atoms with Gasteiger partial charge in [-0.1, -0.05) is 84.9 Å². The van der Waals surface area contributed by atoms with Crippen molar-refractivity contribution in [1.82, 2.24) is 4.98 Å². The summed E-state index contributed by atoms with van der Waals surface area (Å²) >= 11 is 0. The maximum atomic E-state index is 6.68. The number of aromatic amines is 1. The minimum absolute atomic E-state index is 0.0801. The topological polar surface area (TPSA) is 28.9 Å². The number of benzene rings is 3. The van der Waals surface area contributed by atoms with E-state index in [1.54, 1.807) is 0 Å². The number of H-pyrrole nitrogens is 1. The monoisotopic (exact) mass is 453 g/mol. The second-order valence-electron chi connectivity index (χ2n) is 9.63. The highest BCUT2D eigenvalue weighted by atomic mass is 16.3. The highest BCUT2D eigenvalue weighted by molar-refractivity contribution is 6.00. The Morgan fingerprint density at radius 2 is 1.57 bits per heavy atom. The van der Waals surface area contributed by atoms with E-state index in [4.69, 9.17) is 4.42 Å². The Morgan fingerprint density at radius 1 is 0.800 bits per heavy atom. The van der Waals surface area contributed by atoms with Crippen molar-refractivity contribution in [1.29, 1.82) is 0 Å². The summed E-state index contributed by atoms with van der Waals surface area (Å²) in [6.45, 7) is 0. The van der Waals surface area contributed by atoms with Crippen LogP contribution in [0, 0.1) is 0 Å². The number of hydrogen-bond acceptors (Lipinski definition) is 1. The lowest BCUT2D eigenvalue weighted by atomic mass is 9.83. The lowest BCUT2D eigenvalue weighted by molar-refractivity contribution is 0.533. The summed E-state index contributed by atoms with van der Waals surface area (Å²) in [7, 11) is 0. The molecule has 0 amide bonds. The Balaban J connectivity index is 1.56. The van der Waals surface area contributed by atoms with E-state index in [0.717, 1.165) is 24.4 Å². The normalized spacial score (nSPS) is 17.3. The average molecular weight is 454 g/mol. The van der Waals surface area contributed by atoms with Gasteiger partial charge in [-0.3, -0.25) is 0 Å². The van der Waals surface area contributed by atoms with Crippen LogP contribution in [0.25, 0.3) is 28.1 Å². The van der Waals surface area contributed by atoms with Crippen LogP contribution in [0.3, 0.4) is 0 Å². The van der Waals surface area contributed by atoms with Gasteiger partial charge < -0.3 is 9.40 Å². The molecule has 2 heterocycles. The van der Waals surface area contributed by atoms with Gasteiger partial charge in [0.25, 0.3) is 0 Å². The van der Waals surface area contributed by atoms with E-state index in [0.29, 0.717) is 0 Å². The molecule has 2 nitrogen and oxygen atoms in total. The zero-order valence-electron chi connectivity index (χ0n) is 19.6. The van der Waals surface area contributed by atoms with Gasteiger partial charge in [-0.2, -0.15) is 0 Å². The van der Waals surface area contributed by atoms with E-state index in [-0.39, 0.29) is 5.92 Å². The van der Waals surface area contributed by atoms with Crippen molar-refractivity contribution in [2.45, 2.75) is 31.6 Å². The Morgan fingerprint density at radius 3 is 2.37 bits per heavy atom. The molecule has 0 aliphatic heterocycles. The first kappa shape index (κ1) is 20.3. The van der Waals surface area contributed by atoms with Gasteiger partial charge in [0.2, 0.25) is 0 Å². The van der Waals surface area contributed by atoms with Crippen molar-refractivity contribution >= 4 is 28.1 Å². The van der Waals surface area contributed by atoms with Crippen molar-refractivity contribution in [2.24, 2.45) is 0 Å². The van der Waals surface area contributed by atoms with Crippen LogP contribution in [0.2, 0.25) is 0 Å². The summed E-state index contributed by atoms with van der Waals surface area (Å²) in [5, 5.41) is 1.27. The molecule has 170 valence electrons. The molecule has 2 aliphatic carbocycles. The summed E-state index contributed by atoms with van der Waals surface area (Å²) in [6, 6.07) is 32.6. The number of nitrogens with one attached hydrogen (secondary N) is 1. The predicted octanol–water partition coefficient (Wildman–Crippen LogP) is 8.80. The third kappa shape index (κ3) is 3.40. The molecule has 0 saturated carbocycles. The van der Waals surface area contributed by atoms with E-state index in [1.807, 2.05) is 0 Å². The first-order chi connectivity index (χ1) is 17.4. The molecular formula is C33H27NO. The van der Waals surface area contributed by atoms with E-state index in [9.17, 15) is 0 Å². The first-order valence-corrected chi connectivity index (χ1v) is 12.6. The van der Waals surface area contributed by atoms with E-state index in [1.165, 1.54) is 62.8 Å². The van der Waals surface area contributed by atoms with Gasteiger partial charge in [0.05, 0.1) is 5.69 Å². The second-order valence-corrected chi connectivity index (χ2v) is 9.63. The summed E-state index contributed by atoms with van der Waals surface area (Å²) in [5.41, 5.74) is 9.92. The highest BCUT2D eigenvalue weighted by Crippen LogP contribution is 2.48. The predicted molar refractivity (Wildman–Crippen MR) is 144 cm³/mol. The van der Waals surface area contributed by atoms with Crippen LogP contribution in [-0.4, -0.2) is 4.98 Å². The van der Waals surface area contributed by atoms with Crippen LogP contribution >= 0.6 is 0 Å². The van der Waals surface area contributed by atoms with E-state index < -0.39 is 0 Å².